The molecule has 0 aliphatic heterocycles. The smallest absolute Gasteiger partial charge is 0.204 e. The molecule has 1 unspecified atom stereocenters. The van der Waals surface area contributed by atoms with E-state index in [1.807, 2.05) is 75.6 Å². The Labute approximate surface area is 155 Å². The largest absolute Gasteiger partial charge is 0.457 e. The van der Waals surface area contributed by atoms with Crippen molar-refractivity contribution >= 4 is 6.41 Å². The highest BCUT2D eigenvalue weighted by atomic mass is 16.5. The van der Waals surface area contributed by atoms with Crippen molar-refractivity contribution in [3.63, 3.8) is 0 Å². The third-order valence-corrected chi connectivity index (χ3v) is 3.62. The van der Waals surface area contributed by atoms with Gasteiger partial charge in [-0.1, -0.05) is 44.2 Å². The van der Waals surface area contributed by atoms with Crippen LogP contribution in [0.5, 0.6) is 11.5 Å². The van der Waals surface area contributed by atoms with Crippen LogP contribution in [0.3, 0.4) is 0 Å². The summed E-state index contributed by atoms with van der Waals surface area (Å²) in [6, 6.07) is 18.3. The van der Waals surface area contributed by atoms with Gasteiger partial charge in [-0.05, 0) is 43.7 Å². The fraction of sp³-hybridized carbons (Fsp3) is 0.238. The molecule has 0 fully saturated rings. The number of para-hydroxylation sites is 1. The Balaban J connectivity index is 0.000000615. The number of carbonyl (C=O) groups is 1. The molecule has 0 bridgehead atoms. The number of aromatic nitrogens is 2. The van der Waals surface area contributed by atoms with Gasteiger partial charge in [-0.25, -0.2) is 4.98 Å². The third-order valence-electron chi connectivity index (χ3n) is 3.62. The number of amides is 1. The quantitative estimate of drug-likeness (QED) is 0.690. The summed E-state index contributed by atoms with van der Waals surface area (Å²) in [5, 5.41) is 0. The van der Waals surface area contributed by atoms with Crippen LogP contribution < -0.4 is 10.5 Å². The first-order valence-corrected chi connectivity index (χ1v) is 8.63. The van der Waals surface area contributed by atoms with E-state index in [-0.39, 0.29) is 12.5 Å². The van der Waals surface area contributed by atoms with E-state index in [9.17, 15) is 0 Å². The van der Waals surface area contributed by atoms with Gasteiger partial charge in [0.05, 0.1) is 6.04 Å². The minimum absolute atomic E-state index is 0.250. The van der Waals surface area contributed by atoms with Gasteiger partial charge in [0, 0.05) is 12.4 Å². The highest BCUT2D eigenvalue weighted by Crippen LogP contribution is 2.25. The minimum Gasteiger partial charge on any atom is -0.457 e. The van der Waals surface area contributed by atoms with E-state index >= 15 is 0 Å². The summed E-state index contributed by atoms with van der Waals surface area (Å²) < 4.78 is 7.97. The average molecular weight is 353 g/mol. The van der Waals surface area contributed by atoms with Gasteiger partial charge in [0.1, 0.15) is 17.3 Å². The first kappa shape index (κ1) is 21.0. The molecule has 0 spiro atoms. The van der Waals surface area contributed by atoms with E-state index in [4.69, 9.17) is 9.53 Å². The van der Waals surface area contributed by atoms with Gasteiger partial charge in [-0.3, -0.25) is 4.79 Å². The predicted octanol–water partition coefficient (Wildman–Crippen LogP) is 4.72. The summed E-state index contributed by atoms with van der Waals surface area (Å²) in [5.41, 5.74) is 5.40. The number of primary amides is 1. The Kier molecular flexibility index (Phi) is 9.25. The van der Waals surface area contributed by atoms with Crippen molar-refractivity contribution < 1.29 is 9.53 Å². The Morgan fingerprint density at radius 1 is 1.04 bits per heavy atom. The molecule has 138 valence electrons. The van der Waals surface area contributed by atoms with Gasteiger partial charge < -0.3 is 15.0 Å². The van der Waals surface area contributed by atoms with Crippen molar-refractivity contribution in [2.24, 2.45) is 5.73 Å². The van der Waals surface area contributed by atoms with Crippen molar-refractivity contribution in [2.75, 3.05) is 0 Å². The molecule has 0 saturated carbocycles. The van der Waals surface area contributed by atoms with E-state index in [2.05, 4.69) is 34.3 Å². The Hall–Kier alpha value is -3.08. The highest BCUT2D eigenvalue weighted by Gasteiger charge is 2.09. The fourth-order valence-electron chi connectivity index (χ4n) is 2.40. The monoisotopic (exact) mass is 353 g/mol. The maximum absolute atomic E-state index is 8.58. The molecule has 2 N–H and O–H groups in total. The van der Waals surface area contributed by atoms with E-state index in [0.29, 0.717) is 0 Å². The second-order valence-corrected chi connectivity index (χ2v) is 5.18. The molecule has 3 rings (SSSR count). The van der Waals surface area contributed by atoms with Crippen LogP contribution in [0.1, 0.15) is 38.2 Å². The third kappa shape index (κ3) is 6.09. The zero-order valence-electron chi connectivity index (χ0n) is 15.8. The SMILES string of the molecule is CC.Cc1nccn1C(C)c1ccc(Oc2ccccc2)cc1.NC=O. The van der Waals surface area contributed by atoms with Crippen LogP contribution in [0.4, 0.5) is 0 Å². The van der Waals surface area contributed by atoms with Crippen LogP contribution in [0.2, 0.25) is 0 Å². The number of aryl methyl sites for hydroxylation is 1. The zero-order chi connectivity index (χ0) is 19.4. The van der Waals surface area contributed by atoms with Crippen LogP contribution in [-0.4, -0.2) is 16.0 Å². The van der Waals surface area contributed by atoms with Crippen molar-refractivity contribution in [3.8, 4) is 11.5 Å². The van der Waals surface area contributed by atoms with Gasteiger partial charge in [0.2, 0.25) is 6.41 Å². The second kappa shape index (κ2) is 11.5. The first-order valence-electron chi connectivity index (χ1n) is 8.63. The van der Waals surface area contributed by atoms with Crippen LogP contribution >= 0.6 is 0 Å². The number of ether oxygens (including phenoxy) is 1. The van der Waals surface area contributed by atoms with Crippen molar-refractivity contribution in [1.82, 2.24) is 9.55 Å². The topological polar surface area (TPSA) is 70.1 Å². The summed E-state index contributed by atoms with van der Waals surface area (Å²) in [4.78, 5) is 12.9. The molecule has 0 aliphatic rings. The van der Waals surface area contributed by atoms with Crippen molar-refractivity contribution in [3.05, 3.63) is 78.4 Å². The minimum atomic E-state index is 0.250. The summed E-state index contributed by atoms with van der Waals surface area (Å²) in [6.07, 6.45) is 4.09. The molecule has 0 aliphatic carbocycles. The molecule has 3 aromatic rings. The van der Waals surface area contributed by atoms with Gasteiger partial charge >= 0.3 is 0 Å². The number of hydrogen-bond acceptors (Lipinski definition) is 3. The number of rotatable bonds is 4. The van der Waals surface area contributed by atoms with Crippen LogP contribution in [0.15, 0.2) is 67.0 Å². The molecule has 1 aromatic heterocycles. The maximum atomic E-state index is 8.58. The molecule has 1 amide bonds. The maximum Gasteiger partial charge on any atom is 0.204 e. The second-order valence-electron chi connectivity index (χ2n) is 5.18. The molecule has 1 atom stereocenters. The lowest BCUT2D eigenvalue weighted by atomic mass is 10.1. The van der Waals surface area contributed by atoms with Gasteiger partial charge in [0.15, 0.2) is 0 Å². The van der Waals surface area contributed by atoms with Crippen LogP contribution in [0, 0.1) is 6.92 Å². The normalized spacial score (nSPS) is 10.5. The van der Waals surface area contributed by atoms with E-state index < -0.39 is 0 Å². The van der Waals surface area contributed by atoms with Crippen molar-refractivity contribution in [1.29, 1.82) is 0 Å². The lowest BCUT2D eigenvalue weighted by molar-refractivity contribution is -0.106. The highest BCUT2D eigenvalue weighted by molar-refractivity contribution is 5.42. The fourth-order valence-corrected chi connectivity index (χ4v) is 2.40. The number of imidazole rings is 1. The summed E-state index contributed by atoms with van der Waals surface area (Å²) in [7, 11) is 0. The zero-order valence-corrected chi connectivity index (χ0v) is 15.8. The van der Waals surface area contributed by atoms with E-state index in [1.54, 1.807) is 0 Å². The Morgan fingerprint density at radius 3 is 2.08 bits per heavy atom. The molecule has 0 saturated heterocycles. The number of hydrogen-bond donors (Lipinski definition) is 1. The molecule has 2 aromatic carbocycles. The lowest BCUT2D eigenvalue weighted by Crippen LogP contribution is -2.07. The standard InChI is InChI=1S/C18H18N2O.C2H6.CH3NO/c1-14(20-13-12-19-15(20)2)16-8-10-18(11-9-16)21-17-6-4-3-5-7-17;1-2;2-1-3/h3-14H,1-2H3;1-2H3;1H,(H2,2,3). The predicted molar refractivity (Wildman–Crippen MR) is 105 cm³/mol. The number of nitrogens with two attached hydrogens (primary N) is 1. The molecule has 1 heterocycles. The van der Waals surface area contributed by atoms with Gasteiger partial charge in [-0.2, -0.15) is 0 Å². The number of benzene rings is 2. The molecule has 5 nitrogen and oxygen atoms in total. The van der Waals surface area contributed by atoms with E-state index in [1.165, 1.54) is 5.56 Å². The lowest BCUT2D eigenvalue weighted by Gasteiger charge is -2.16. The summed E-state index contributed by atoms with van der Waals surface area (Å²) in [6.45, 7) is 8.19. The molecule has 5 heteroatoms. The molecule has 0 radical (unpaired) electrons. The number of nitrogens with zero attached hydrogens (tertiary/aromatic N) is 2. The van der Waals surface area contributed by atoms with E-state index in [0.717, 1.165) is 17.3 Å². The van der Waals surface area contributed by atoms with Gasteiger partial charge in [-0.15, -0.1) is 0 Å². The summed E-state index contributed by atoms with van der Waals surface area (Å²) in [5.74, 6) is 2.72. The summed E-state index contributed by atoms with van der Waals surface area (Å²) >= 11 is 0. The van der Waals surface area contributed by atoms with Crippen molar-refractivity contribution in [2.45, 2.75) is 33.7 Å². The first-order chi connectivity index (χ1) is 12.7. The average Bonchev–Trinajstić information content (AvgIpc) is 3.11. The van der Waals surface area contributed by atoms with Gasteiger partial charge in [0.25, 0.3) is 0 Å². The van der Waals surface area contributed by atoms with Crippen LogP contribution in [-0.2, 0) is 4.79 Å². The molecular weight excluding hydrogens is 326 g/mol. The Bertz CT molecular complexity index is 752. The Morgan fingerprint density at radius 2 is 1.58 bits per heavy atom. The number of carbonyl (C=O) groups excluding carboxylic acids is 1. The molecular formula is C21H27N3O2. The van der Waals surface area contributed by atoms with Crippen LogP contribution in [0.25, 0.3) is 0 Å². The molecule has 26 heavy (non-hydrogen) atoms.